The summed E-state index contributed by atoms with van der Waals surface area (Å²) in [5.41, 5.74) is 14.1. The molecular formula is C38H27N5O6. The number of nitrogen functional groups attached to an aromatic ring is 2. The Balaban J connectivity index is 1.37. The molecule has 240 valence electrons. The lowest BCUT2D eigenvalue weighted by Crippen LogP contribution is -2.17. The summed E-state index contributed by atoms with van der Waals surface area (Å²) in [4.78, 5) is 38.1. The normalized spacial score (nSPS) is 10.9. The van der Waals surface area contributed by atoms with E-state index in [0.29, 0.717) is 22.4 Å². The number of hydrogen-bond acceptors (Lipinski definition) is 11. The lowest BCUT2D eigenvalue weighted by molar-refractivity contribution is 0.0736. The Labute approximate surface area is 279 Å². The molecule has 11 nitrogen and oxygen atoms in total. The van der Waals surface area contributed by atoms with E-state index in [1.165, 1.54) is 42.5 Å². The van der Waals surface area contributed by atoms with Gasteiger partial charge in [-0.25, -0.2) is 9.59 Å². The molecule has 7 aromatic rings. The van der Waals surface area contributed by atoms with Gasteiger partial charge in [0.2, 0.25) is 0 Å². The molecule has 7 rings (SSSR count). The Morgan fingerprint density at radius 1 is 0.551 bits per heavy atom. The van der Waals surface area contributed by atoms with Crippen LogP contribution < -0.4 is 25.8 Å². The van der Waals surface area contributed by atoms with Crippen LogP contribution in [-0.4, -0.2) is 32.1 Å². The number of phenolic OH excluding ortho intramolecular Hbond substituents is 2. The average molecular weight is 650 g/mol. The van der Waals surface area contributed by atoms with Crippen molar-refractivity contribution in [3.63, 3.8) is 0 Å². The Kier molecular flexibility index (Phi) is 7.83. The average Bonchev–Trinajstić information content (AvgIpc) is 3.11. The first-order valence-corrected chi connectivity index (χ1v) is 15.0. The van der Waals surface area contributed by atoms with Crippen LogP contribution in [0.2, 0.25) is 0 Å². The number of nitrogens with two attached hydrogens (primary N) is 2. The second-order valence-corrected chi connectivity index (χ2v) is 11.0. The van der Waals surface area contributed by atoms with Crippen LogP contribution in [0, 0.1) is 0 Å². The molecule has 0 saturated heterocycles. The third-order valence-electron chi connectivity index (χ3n) is 7.79. The summed E-state index contributed by atoms with van der Waals surface area (Å²) in [6.07, 6.45) is 3.19. The van der Waals surface area contributed by atoms with Crippen molar-refractivity contribution in [3.05, 3.63) is 139 Å². The number of ether oxygens (including phenoxy) is 2. The number of carbonyl (C=O) groups excluding carboxylic acids is 2. The number of phenols is 2. The van der Waals surface area contributed by atoms with Crippen LogP contribution in [0.15, 0.2) is 128 Å². The van der Waals surface area contributed by atoms with Crippen LogP contribution in [0.1, 0.15) is 20.7 Å². The number of aromatic nitrogens is 2. The minimum Gasteiger partial charge on any atom is -0.506 e. The largest absolute Gasteiger partial charge is 0.506 e. The van der Waals surface area contributed by atoms with Crippen molar-refractivity contribution >= 4 is 62.2 Å². The number of aromatic hydroxyl groups is 2. The van der Waals surface area contributed by atoms with Gasteiger partial charge in [-0.05, 0) is 66.7 Å². The highest BCUT2D eigenvalue weighted by Gasteiger charge is 2.23. The number of fused-ring (bicyclic) bond motifs is 2. The number of nitrogens with zero attached hydrogens (tertiary/aromatic N) is 3. The van der Waals surface area contributed by atoms with Gasteiger partial charge in [-0.15, -0.1) is 0 Å². The second kappa shape index (κ2) is 12.6. The molecule has 0 fully saturated rings. The molecule has 0 aliphatic carbocycles. The molecule has 11 heteroatoms. The van der Waals surface area contributed by atoms with Gasteiger partial charge in [0, 0.05) is 52.4 Å². The van der Waals surface area contributed by atoms with Crippen molar-refractivity contribution < 1.29 is 29.3 Å². The third kappa shape index (κ3) is 6.07. The Hall–Kier alpha value is -7.14. The van der Waals surface area contributed by atoms with E-state index in [1.807, 2.05) is 24.3 Å². The summed E-state index contributed by atoms with van der Waals surface area (Å²) in [5, 5.41) is 22.6. The summed E-state index contributed by atoms with van der Waals surface area (Å²) >= 11 is 0. The molecule has 5 aromatic carbocycles. The maximum Gasteiger partial charge on any atom is 0.343 e. The van der Waals surface area contributed by atoms with Crippen LogP contribution in [0.5, 0.6) is 23.0 Å². The molecule has 0 saturated carbocycles. The lowest BCUT2D eigenvalue weighted by Gasteiger charge is -2.27. The number of carbonyl (C=O) groups is 2. The van der Waals surface area contributed by atoms with Crippen molar-refractivity contribution in [1.82, 2.24) is 9.97 Å². The molecule has 0 aliphatic rings. The smallest absolute Gasteiger partial charge is 0.343 e. The molecule has 2 aromatic heterocycles. The van der Waals surface area contributed by atoms with Gasteiger partial charge >= 0.3 is 11.9 Å². The zero-order valence-corrected chi connectivity index (χ0v) is 25.6. The molecule has 0 atom stereocenters. The predicted octanol–water partition coefficient (Wildman–Crippen LogP) is 7.27. The topological polar surface area (TPSA) is 174 Å². The van der Waals surface area contributed by atoms with Gasteiger partial charge in [0.15, 0.2) is 11.5 Å². The molecule has 0 spiro atoms. The first kappa shape index (κ1) is 30.5. The molecule has 0 aliphatic heterocycles. The van der Waals surface area contributed by atoms with Gasteiger partial charge in [0.1, 0.15) is 22.5 Å². The monoisotopic (exact) mass is 649 g/mol. The first-order chi connectivity index (χ1) is 23.7. The van der Waals surface area contributed by atoms with E-state index in [0.717, 1.165) is 10.8 Å². The predicted molar refractivity (Wildman–Crippen MR) is 187 cm³/mol. The highest BCUT2D eigenvalue weighted by molar-refractivity contribution is 6.01. The standard InChI is InChI=1S/C38H27N5O6/c39-29-13-11-26(20-31(29)44)43(27-12-14-30(40)32(45)21-27)28-18-24(37(46)48-33-9-1-5-22-7-3-15-41-35(22)33)17-25(19-28)38(47)49-34-10-2-6-23-8-4-16-42-36(23)34/h1-21,44-45H,39-40H2. The number of anilines is 5. The summed E-state index contributed by atoms with van der Waals surface area (Å²) in [6, 6.07) is 31.2. The maximum atomic E-state index is 13.9. The SMILES string of the molecule is Nc1ccc(N(c2cc(C(=O)Oc3cccc4cccnc34)cc(C(=O)Oc3cccc4cccnc34)c2)c2ccc(N)c(O)c2)cc1O. The zero-order valence-electron chi connectivity index (χ0n) is 25.6. The second-order valence-electron chi connectivity index (χ2n) is 11.0. The number of hydrogen-bond donors (Lipinski definition) is 4. The van der Waals surface area contributed by atoms with Crippen LogP contribution in [0.3, 0.4) is 0 Å². The van der Waals surface area contributed by atoms with Gasteiger partial charge in [0.25, 0.3) is 0 Å². The van der Waals surface area contributed by atoms with Gasteiger partial charge in [-0.2, -0.15) is 0 Å². The lowest BCUT2D eigenvalue weighted by atomic mass is 10.1. The fraction of sp³-hybridized carbons (Fsp3) is 0. The summed E-state index contributed by atoms with van der Waals surface area (Å²) in [6.45, 7) is 0. The quantitative estimate of drug-likeness (QED) is 0.0592. The molecule has 0 radical (unpaired) electrons. The van der Waals surface area contributed by atoms with E-state index in [9.17, 15) is 19.8 Å². The first-order valence-electron chi connectivity index (χ1n) is 15.0. The number of esters is 2. The van der Waals surface area contributed by atoms with Gasteiger partial charge < -0.3 is 36.1 Å². The summed E-state index contributed by atoms with van der Waals surface area (Å²) < 4.78 is 11.7. The zero-order chi connectivity index (χ0) is 34.1. The molecule has 49 heavy (non-hydrogen) atoms. The van der Waals surface area contributed by atoms with Crippen molar-refractivity contribution in [1.29, 1.82) is 0 Å². The van der Waals surface area contributed by atoms with Crippen molar-refractivity contribution in [3.8, 4) is 23.0 Å². The molecule has 0 bridgehead atoms. The van der Waals surface area contributed by atoms with E-state index in [4.69, 9.17) is 20.9 Å². The number of benzene rings is 5. The van der Waals surface area contributed by atoms with Crippen LogP contribution in [-0.2, 0) is 0 Å². The fourth-order valence-corrected chi connectivity index (χ4v) is 5.40. The van der Waals surface area contributed by atoms with Gasteiger partial charge in [-0.3, -0.25) is 9.97 Å². The molecule has 0 unspecified atom stereocenters. The van der Waals surface area contributed by atoms with Crippen molar-refractivity contribution in [2.75, 3.05) is 16.4 Å². The highest BCUT2D eigenvalue weighted by atomic mass is 16.5. The number of rotatable bonds is 7. The van der Waals surface area contributed by atoms with E-state index in [-0.39, 0.29) is 51.2 Å². The molecular weight excluding hydrogens is 622 g/mol. The maximum absolute atomic E-state index is 13.9. The van der Waals surface area contributed by atoms with E-state index in [1.54, 1.807) is 65.8 Å². The Morgan fingerprint density at radius 3 is 1.45 bits per heavy atom. The Bertz CT molecular complexity index is 2240. The van der Waals surface area contributed by atoms with E-state index in [2.05, 4.69) is 9.97 Å². The van der Waals surface area contributed by atoms with Crippen molar-refractivity contribution in [2.45, 2.75) is 0 Å². The molecule has 0 amide bonds. The van der Waals surface area contributed by atoms with Crippen LogP contribution in [0.25, 0.3) is 21.8 Å². The molecule has 6 N–H and O–H groups in total. The number of para-hydroxylation sites is 2. The molecule has 2 heterocycles. The Morgan fingerprint density at radius 2 is 1.00 bits per heavy atom. The van der Waals surface area contributed by atoms with E-state index < -0.39 is 11.9 Å². The summed E-state index contributed by atoms with van der Waals surface area (Å²) in [7, 11) is 0. The fourth-order valence-electron chi connectivity index (χ4n) is 5.40. The van der Waals surface area contributed by atoms with Crippen molar-refractivity contribution in [2.24, 2.45) is 0 Å². The summed E-state index contributed by atoms with van der Waals surface area (Å²) in [5.74, 6) is -1.51. The minimum atomic E-state index is -0.777. The number of pyridine rings is 2. The van der Waals surface area contributed by atoms with Crippen LogP contribution in [0.4, 0.5) is 28.4 Å². The van der Waals surface area contributed by atoms with Gasteiger partial charge in [-0.1, -0.05) is 36.4 Å². The third-order valence-corrected chi connectivity index (χ3v) is 7.79. The van der Waals surface area contributed by atoms with Crippen LogP contribution >= 0.6 is 0 Å². The highest BCUT2D eigenvalue weighted by Crippen LogP contribution is 2.41. The van der Waals surface area contributed by atoms with Gasteiger partial charge in [0.05, 0.1) is 22.5 Å². The van der Waals surface area contributed by atoms with E-state index >= 15 is 0 Å². The minimum absolute atomic E-state index is 0.00207.